The summed E-state index contributed by atoms with van der Waals surface area (Å²) in [6, 6.07) is 14.5. The van der Waals surface area contributed by atoms with Crippen molar-refractivity contribution in [2.24, 2.45) is 0 Å². The van der Waals surface area contributed by atoms with Gasteiger partial charge in [-0.2, -0.15) is 15.0 Å². The lowest BCUT2D eigenvalue weighted by Crippen LogP contribution is -2.17. The van der Waals surface area contributed by atoms with Crippen LogP contribution in [0, 0.1) is 18.3 Å². The minimum absolute atomic E-state index is 0.00494. The summed E-state index contributed by atoms with van der Waals surface area (Å²) in [4.78, 5) is 28.7. The number of Topliss-reactive ketones (excluding diaryl/α,β-unsaturated/α-hetero) is 1. The van der Waals surface area contributed by atoms with Gasteiger partial charge in [0.2, 0.25) is 5.91 Å². The van der Waals surface area contributed by atoms with Gasteiger partial charge >= 0.3 is 0 Å². The van der Waals surface area contributed by atoms with Gasteiger partial charge in [-0.05, 0) is 19.1 Å². The molecule has 0 bridgehead atoms. The highest BCUT2D eigenvalue weighted by Gasteiger charge is 2.16. The first-order valence-corrected chi connectivity index (χ1v) is 8.37. The van der Waals surface area contributed by atoms with Crippen molar-refractivity contribution in [1.82, 2.24) is 14.8 Å². The molecule has 0 fully saturated rings. The number of nitrogens with one attached hydrogen (secondary N) is 1. The van der Waals surface area contributed by atoms with Crippen molar-refractivity contribution in [3.8, 4) is 11.9 Å². The average molecular weight is 359 g/mol. The zero-order valence-corrected chi connectivity index (χ0v) is 14.7. The molecular formula is C20H17N5O2. The molecule has 1 aromatic carbocycles. The minimum atomic E-state index is -0.371. The number of hydrogen-bond donors (Lipinski definition) is 1. The number of aryl methyl sites for hydroxylation is 1. The Morgan fingerprint density at radius 3 is 2.59 bits per heavy atom. The van der Waals surface area contributed by atoms with Crippen LogP contribution >= 0.6 is 0 Å². The zero-order chi connectivity index (χ0) is 19.2. The molecule has 1 amide bonds. The number of hydrogen-bond acceptors (Lipinski definition) is 5. The van der Waals surface area contributed by atoms with Gasteiger partial charge < -0.3 is 5.32 Å². The summed E-state index contributed by atoms with van der Waals surface area (Å²) >= 11 is 0. The van der Waals surface area contributed by atoms with E-state index in [2.05, 4.69) is 15.4 Å². The van der Waals surface area contributed by atoms with Gasteiger partial charge in [0.15, 0.2) is 17.4 Å². The van der Waals surface area contributed by atoms with Gasteiger partial charge in [-0.1, -0.05) is 35.9 Å². The van der Waals surface area contributed by atoms with E-state index in [-0.39, 0.29) is 35.9 Å². The molecule has 2 aromatic heterocycles. The number of rotatable bonds is 6. The Kier molecular flexibility index (Phi) is 5.38. The molecule has 0 unspecified atom stereocenters. The Morgan fingerprint density at radius 1 is 1.15 bits per heavy atom. The zero-order valence-electron chi connectivity index (χ0n) is 14.7. The van der Waals surface area contributed by atoms with Gasteiger partial charge in [-0.3, -0.25) is 9.59 Å². The molecule has 0 radical (unpaired) electrons. The third-order valence-corrected chi connectivity index (χ3v) is 3.97. The maximum Gasteiger partial charge on any atom is 0.226 e. The molecule has 134 valence electrons. The maximum absolute atomic E-state index is 12.3. The Hall–Kier alpha value is -3.79. The minimum Gasteiger partial charge on any atom is -0.309 e. The number of nitrogens with zero attached hydrogens (tertiary/aromatic N) is 4. The topological polar surface area (TPSA) is 101 Å². The summed E-state index contributed by atoms with van der Waals surface area (Å²) in [5, 5.41) is 16.0. The Labute approximate surface area is 156 Å². The van der Waals surface area contributed by atoms with Crippen LogP contribution in [0.1, 0.15) is 34.3 Å². The second-order valence-corrected chi connectivity index (χ2v) is 5.96. The van der Waals surface area contributed by atoms with Crippen molar-refractivity contribution in [1.29, 1.82) is 5.26 Å². The predicted octanol–water partition coefficient (Wildman–Crippen LogP) is 3.05. The molecule has 27 heavy (non-hydrogen) atoms. The Morgan fingerprint density at radius 2 is 1.93 bits per heavy atom. The first-order chi connectivity index (χ1) is 13.1. The third-order valence-electron chi connectivity index (χ3n) is 3.97. The molecule has 2 heterocycles. The van der Waals surface area contributed by atoms with Crippen LogP contribution < -0.4 is 5.32 Å². The van der Waals surface area contributed by atoms with Gasteiger partial charge in [0.1, 0.15) is 11.6 Å². The van der Waals surface area contributed by atoms with Crippen LogP contribution in [0.3, 0.4) is 0 Å². The van der Waals surface area contributed by atoms with E-state index < -0.39 is 0 Å². The number of nitriles is 1. The largest absolute Gasteiger partial charge is 0.309 e. The lowest BCUT2D eigenvalue weighted by atomic mass is 10.1. The first-order valence-electron chi connectivity index (χ1n) is 8.37. The fourth-order valence-corrected chi connectivity index (χ4v) is 2.51. The van der Waals surface area contributed by atoms with Crippen molar-refractivity contribution < 1.29 is 9.59 Å². The molecule has 7 heteroatoms. The molecule has 0 saturated carbocycles. The number of amides is 1. The van der Waals surface area contributed by atoms with E-state index in [1.807, 2.05) is 25.1 Å². The molecule has 3 rings (SSSR count). The van der Waals surface area contributed by atoms with E-state index in [0.717, 1.165) is 5.56 Å². The van der Waals surface area contributed by atoms with Crippen LogP contribution in [0.5, 0.6) is 0 Å². The first kappa shape index (κ1) is 18.0. The maximum atomic E-state index is 12.3. The van der Waals surface area contributed by atoms with Gasteiger partial charge in [-0.15, -0.1) is 0 Å². The fourth-order valence-electron chi connectivity index (χ4n) is 2.51. The Bertz CT molecular complexity index is 1000. The van der Waals surface area contributed by atoms with Crippen LogP contribution in [-0.4, -0.2) is 26.5 Å². The third kappa shape index (κ3) is 4.25. The van der Waals surface area contributed by atoms with Crippen molar-refractivity contribution >= 4 is 17.5 Å². The van der Waals surface area contributed by atoms with Crippen LogP contribution in [0.25, 0.3) is 5.82 Å². The van der Waals surface area contributed by atoms with E-state index >= 15 is 0 Å². The van der Waals surface area contributed by atoms with Crippen LogP contribution in [0.15, 0.2) is 54.9 Å². The summed E-state index contributed by atoms with van der Waals surface area (Å²) < 4.78 is 1.39. The van der Waals surface area contributed by atoms with E-state index in [0.29, 0.717) is 11.4 Å². The van der Waals surface area contributed by atoms with Crippen LogP contribution in [0.2, 0.25) is 0 Å². The van der Waals surface area contributed by atoms with Crippen molar-refractivity contribution in [2.75, 3.05) is 5.32 Å². The lowest BCUT2D eigenvalue weighted by Gasteiger charge is -2.08. The summed E-state index contributed by atoms with van der Waals surface area (Å²) in [6.07, 6.45) is 3.04. The molecule has 3 aromatic rings. The van der Waals surface area contributed by atoms with E-state index in [1.54, 1.807) is 36.5 Å². The second-order valence-electron chi connectivity index (χ2n) is 5.96. The molecule has 0 aliphatic carbocycles. The summed E-state index contributed by atoms with van der Waals surface area (Å²) in [6.45, 7) is 1.94. The van der Waals surface area contributed by atoms with Crippen molar-refractivity contribution in [3.63, 3.8) is 0 Å². The molecule has 0 aliphatic rings. The molecule has 0 aliphatic heterocycles. The lowest BCUT2D eigenvalue weighted by molar-refractivity contribution is -0.116. The molecule has 1 N–H and O–H groups in total. The number of pyridine rings is 1. The highest BCUT2D eigenvalue weighted by atomic mass is 16.2. The second kappa shape index (κ2) is 8.06. The fraction of sp³-hybridized carbons (Fsp3) is 0.150. The van der Waals surface area contributed by atoms with Crippen LogP contribution in [0.4, 0.5) is 5.82 Å². The standard InChI is InChI=1S/C20H17N5O2/c1-14-5-7-15(8-6-14)17(26)9-10-19(27)24-20-16(12-21)13-23-25(20)18-4-2-3-11-22-18/h2-8,11,13H,9-10H2,1H3,(H,24,27). The Balaban J connectivity index is 1.69. The van der Waals surface area contributed by atoms with E-state index in [1.165, 1.54) is 10.9 Å². The van der Waals surface area contributed by atoms with Crippen LogP contribution in [-0.2, 0) is 4.79 Å². The molecule has 7 nitrogen and oxygen atoms in total. The predicted molar refractivity (Wildman–Crippen MR) is 99.4 cm³/mol. The van der Waals surface area contributed by atoms with E-state index in [4.69, 9.17) is 0 Å². The highest BCUT2D eigenvalue weighted by molar-refractivity contribution is 6.00. The van der Waals surface area contributed by atoms with E-state index in [9.17, 15) is 14.9 Å². The van der Waals surface area contributed by atoms with Gasteiger partial charge in [0.25, 0.3) is 0 Å². The number of anilines is 1. The molecule has 0 atom stereocenters. The summed E-state index contributed by atoms with van der Waals surface area (Å²) in [7, 11) is 0. The number of aromatic nitrogens is 3. The smallest absolute Gasteiger partial charge is 0.226 e. The molecule has 0 saturated heterocycles. The number of carbonyl (C=O) groups excluding carboxylic acids is 2. The number of benzene rings is 1. The van der Waals surface area contributed by atoms with Gasteiger partial charge in [-0.25, -0.2) is 4.98 Å². The highest BCUT2D eigenvalue weighted by Crippen LogP contribution is 2.19. The average Bonchev–Trinajstić information content (AvgIpc) is 3.10. The number of ketones is 1. The van der Waals surface area contributed by atoms with Crippen molar-refractivity contribution in [2.45, 2.75) is 19.8 Å². The van der Waals surface area contributed by atoms with Crippen molar-refractivity contribution in [3.05, 3.63) is 71.5 Å². The normalized spacial score (nSPS) is 10.2. The van der Waals surface area contributed by atoms with Gasteiger partial charge in [0.05, 0.1) is 6.20 Å². The molecular weight excluding hydrogens is 342 g/mol. The summed E-state index contributed by atoms with van der Waals surface area (Å²) in [5.41, 5.74) is 1.86. The SMILES string of the molecule is Cc1ccc(C(=O)CCC(=O)Nc2c(C#N)cnn2-c2ccccn2)cc1. The summed E-state index contributed by atoms with van der Waals surface area (Å²) in [5.74, 6) is 0.238. The van der Waals surface area contributed by atoms with Gasteiger partial charge in [0, 0.05) is 24.6 Å². The number of carbonyl (C=O) groups is 2. The quantitative estimate of drug-likeness (QED) is 0.682. The monoisotopic (exact) mass is 359 g/mol. The molecule has 0 spiro atoms.